The lowest BCUT2D eigenvalue weighted by Gasteiger charge is -2.03. The van der Waals surface area contributed by atoms with E-state index in [0.717, 1.165) is 5.56 Å². The second-order valence-electron chi connectivity index (χ2n) is 5.26. The summed E-state index contributed by atoms with van der Waals surface area (Å²) in [4.78, 5) is 20.1. The van der Waals surface area contributed by atoms with E-state index in [2.05, 4.69) is 20.4 Å². The first-order chi connectivity index (χ1) is 11.6. The molecule has 0 aliphatic heterocycles. The van der Waals surface area contributed by atoms with Crippen LogP contribution in [0.5, 0.6) is 0 Å². The lowest BCUT2D eigenvalue weighted by molar-refractivity contribution is -0.116. The van der Waals surface area contributed by atoms with E-state index in [0.29, 0.717) is 5.82 Å². The van der Waals surface area contributed by atoms with Gasteiger partial charge in [-0.2, -0.15) is 4.98 Å². The standard InChI is InChI=1S/C17H15FN4O2/c1-11-6-7-14(19-10-11)20-15(23)8-9-16-21-17(22-24-16)12-4-2-3-5-13(12)18/h2-7,10H,8-9H2,1H3,(H,19,20,23). The maximum atomic E-state index is 13.7. The van der Waals surface area contributed by atoms with E-state index in [1.54, 1.807) is 30.5 Å². The minimum absolute atomic E-state index is 0.161. The molecule has 2 aromatic heterocycles. The quantitative estimate of drug-likeness (QED) is 0.779. The maximum Gasteiger partial charge on any atom is 0.227 e. The van der Waals surface area contributed by atoms with Crippen LogP contribution in [0.2, 0.25) is 0 Å². The molecule has 0 saturated carbocycles. The van der Waals surface area contributed by atoms with Gasteiger partial charge in [0.1, 0.15) is 11.6 Å². The lowest BCUT2D eigenvalue weighted by Crippen LogP contribution is -2.13. The van der Waals surface area contributed by atoms with E-state index in [-0.39, 0.29) is 36.0 Å². The number of pyridine rings is 1. The van der Waals surface area contributed by atoms with Gasteiger partial charge in [-0.3, -0.25) is 4.79 Å². The minimum Gasteiger partial charge on any atom is -0.339 e. The SMILES string of the molecule is Cc1ccc(NC(=O)CCc2nc(-c3ccccc3F)no2)nc1. The molecule has 6 nitrogen and oxygen atoms in total. The Balaban J connectivity index is 1.58. The van der Waals surface area contributed by atoms with E-state index < -0.39 is 5.82 Å². The molecule has 1 aromatic carbocycles. The Morgan fingerprint density at radius 1 is 1.25 bits per heavy atom. The van der Waals surface area contributed by atoms with Crippen molar-refractivity contribution in [2.45, 2.75) is 19.8 Å². The van der Waals surface area contributed by atoms with Crippen molar-refractivity contribution in [1.29, 1.82) is 0 Å². The molecule has 0 unspecified atom stereocenters. The molecule has 122 valence electrons. The van der Waals surface area contributed by atoms with Crippen molar-refractivity contribution in [2.24, 2.45) is 0 Å². The second-order valence-corrected chi connectivity index (χ2v) is 5.26. The molecular formula is C17H15FN4O2. The van der Waals surface area contributed by atoms with E-state index in [9.17, 15) is 9.18 Å². The van der Waals surface area contributed by atoms with E-state index in [1.807, 2.05) is 13.0 Å². The van der Waals surface area contributed by atoms with Crippen molar-refractivity contribution in [2.75, 3.05) is 5.32 Å². The summed E-state index contributed by atoms with van der Waals surface area (Å²) in [6.07, 6.45) is 2.10. The molecule has 24 heavy (non-hydrogen) atoms. The molecule has 0 aliphatic rings. The van der Waals surface area contributed by atoms with E-state index >= 15 is 0 Å². The van der Waals surface area contributed by atoms with Gasteiger partial charge in [-0.05, 0) is 30.7 Å². The number of amides is 1. The van der Waals surface area contributed by atoms with Crippen LogP contribution in [0.3, 0.4) is 0 Å². The van der Waals surface area contributed by atoms with Crippen LogP contribution in [0.4, 0.5) is 10.2 Å². The molecule has 2 heterocycles. The molecule has 1 N–H and O–H groups in total. The van der Waals surface area contributed by atoms with Gasteiger partial charge in [0.25, 0.3) is 0 Å². The van der Waals surface area contributed by atoms with Gasteiger partial charge in [-0.15, -0.1) is 0 Å². The predicted molar refractivity (Wildman–Crippen MR) is 85.6 cm³/mol. The topological polar surface area (TPSA) is 80.9 Å². The Morgan fingerprint density at radius 3 is 2.83 bits per heavy atom. The normalized spacial score (nSPS) is 10.6. The number of hydrogen-bond acceptors (Lipinski definition) is 5. The molecule has 1 amide bonds. The number of anilines is 1. The van der Waals surface area contributed by atoms with Gasteiger partial charge in [0.05, 0.1) is 5.56 Å². The van der Waals surface area contributed by atoms with Crippen molar-refractivity contribution < 1.29 is 13.7 Å². The average molecular weight is 326 g/mol. The molecule has 0 radical (unpaired) electrons. The van der Waals surface area contributed by atoms with Crippen LogP contribution >= 0.6 is 0 Å². The Kier molecular flexibility index (Phi) is 4.60. The van der Waals surface area contributed by atoms with Gasteiger partial charge >= 0.3 is 0 Å². The zero-order chi connectivity index (χ0) is 16.9. The molecule has 0 bridgehead atoms. The summed E-state index contributed by atoms with van der Waals surface area (Å²) in [5.41, 5.74) is 1.28. The highest BCUT2D eigenvalue weighted by Crippen LogP contribution is 2.19. The van der Waals surface area contributed by atoms with Crippen molar-refractivity contribution in [3.8, 4) is 11.4 Å². The van der Waals surface area contributed by atoms with Gasteiger partial charge in [0.15, 0.2) is 0 Å². The van der Waals surface area contributed by atoms with Crippen LogP contribution in [0.25, 0.3) is 11.4 Å². The molecule has 0 atom stereocenters. The fourth-order valence-electron chi connectivity index (χ4n) is 2.08. The third kappa shape index (κ3) is 3.81. The summed E-state index contributed by atoms with van der Waals surface area (Å²) in [5, 5.41) is 6.44. The smallest absolute Gasteiger partial charge is 0.227 e. The summed E-state index contributed by atoms with van der Waals surface area (Å²) in [7, 11) is 0. The number of halogens is 1. The zero-order valence-corrected chi connectivity index (χ0v) is 13.0. The highest BCUT2D eigenvalue weighted by molar-refractivity contribution is 5.89. The average Bonchev–Trinajstić information content (AvgIpc) is 3.04. The number of carbonyl (C=O) groups is 1. The zero-order valence-electron chi connectivity index (χ0n) is 13.0. The summed E-state index contributed by atoms with van der Waals surface area (Å²) in [5.74, 6) is 0.303. The number of aryl methyl sites for hydroxylation is 2. The van der Waals surface area contributed by atoms with Crippen LogP contribution < -0.4 is 5.32 Å². The first-order valence-electron chi connectivity index (χ1n) is 7.42. The van der Waals surface area contributed by atoms with Gasteiger partial charge in [-0.25, -0.2) is 9.37 Å². The summed E-state index contributed by atoms with van der Waals surface area (Å²) < 4.78 is 18.7. The van der Waals surface area contributed by atoms with Gasteiger partial charge in [-0.1, -0.05) is 23.4 Å². The maximum absolute atomic E-state index is 13.7. The van der Waals surface area contributed by atoms with Crippen molar-refractivity contribution in [1.82, 2.24) is 15.1 Å². The molecule has 0 saturated heterocycles. The van der Waals surface area contributed by atoms with Crippen LogP contribution in [-0.4, -0.2) is 21.0 Å². The molecule has 3 rings (SSSR count). The van der Waals surface area contributed by atoms with Gasteiger partial charge in [0, 0.05) is 19.0 Å². The fraction of sp³-hybridized carbons (Fsp3) is 0.176. The number of carbonyl (C=O) groups excluding carboxylic acids is 1. The molecule has 0 fully saturated rings. The highest BCUT2D eigenvalue weighted by atomic mass is 19.1. The third-order valence-corrected chi connectivity index (χ3v) is 3.33. The molecule has 0 aliphatic carbocycles. The molecule has 0 spiro atoms. The number of aromatic nitrogens is 3. The number of rotatable bonds is 5. The molecular weight excluding hydrogens is 311 g/mol. The van der Waals surface area contributed by atoms with Crippen molar-refractivity contribution >= 4 is 11.7 Å². The van der Waals surface area contributed by atoms with Crippen LogP contribution in [-0.2, 0) is 11.2 Å². The predicted octanol–water partition coefficient (Wildman–Crippen LogP) is 3.15. The third-order valence-electron chi connectivity index (χ3n) is 3.33. The molecule has 7 heteroatoms. The van der Waals surface area contributed by atoms with Crippen molar-refractivity contribution in [3.05, 3.63) is 59.9 Å². The van der Waals surface area contributed by atoms with Crippen LogP contribution in [0, 0.1) is 12.7 Å². The Bertz CT molecular complexity index is 846. The monoisotopic (exact) mass is 326 g/mol. The number of hydrogen-bond donors (Lipinski definition) is 1. The van der Waals surface area contributed by atoms with E-state index in [1.165, 1.54) is 6.07 Å². The largest absolute Gasteiger partial charge is 0.339 e. The Hall–Kier alpha value is -3.09. The fourth-order valence-corrected chi connectivity index (χ4v) is 2.08. The van der Waals surface area contributed by atoms with Gasteiger partial charge in [0.2, 0.25) is 17.6 Å². The van der Waals surface area contributed by atoms with Crippen LogP contribution in [0.15, 0.2) is 47.1 Å². The first kappa shape index (κ1) is 15.8. The lowest BCUT2D eigenvalue weighted by atomic mass is 10.2. The number of nitrogens with zero attached hydrogens (tertiary/aromatic N) is 3. The van der Waals surface area contributed by atoms with E-state index in [4.69, 9.17) is 4.52 Å². The Morgan fingerprint density at radius 2 is 2.08 bits per heavy atom. The number of benzene rings is 1. The summed E-state index contributed by atoms with van der Waals surface area (Å²) in [6, 6.07) is 9.77. The summed E-state index contributed by atoms with van der Waals surface area (Å²) >= 11 is 0. The molecule has 3 aromatic rings. The van der Waals surface area contributed by atoms with Crippen molar-refractivity contribution in [3.63, 3.8) is 0 Å². The minimum atomic E-state index is -0.423. The first-order valence-corrected chi connectivity index (χ1v) is 7.42. The van der Waals surface area contributed by atoms with Crippen LogP contribution in [0.1, 0.15) is 17.9 Å². The highest BCUT2D eigenvalue weighted by Gasteiger charge is 2.13. The number of nitrogens with one attached hydrogen (secondary N) is 1. The Labute approximate surface area is 137 Å². The summed E-state index contributed by atoms with van der Waals surface area (Å²) in [6.45, 7) is 1.92. The second kappa shape index (κ2) is 6.99. The van der Waals surface area contributed by atoms with Gasteiger partial charge < -0.3 is 9.84 Å².